The molecule has 0 spiro atoms. The van der Waals surface area contributed by atoms with Crippen LogP contribution in [0.2, 0.25) is 10.0 Å². The van der Waals surface area contributed by atoms with Crippen LogP contribution in [-0.2, 0) is 0 Å². The minimum absolute atomic E-state index is 0.262. The molecule has 6 heteroatoms. The summed E-state index contributed by atoms with van der Waals surface area (Å²) in [6.45, 7) is 0. The van der Waals surface area contributed by atoms with Crippen molar-refractivity contribution in [1.82, 2.24) is 0 Å². The lowest BCUT2D eigenvalue weighted by atomic mass is 10.3. The number of hydrogen-bond acceptors (Lipinski definition) is 3. The molecule has 0 heterocycles. The van der Waals surface area contributed by atoms with E-state index in [2.05, 4.69) is 0 Å². The van der Waals surface area contributed by atoms with Crippen LogP contribution >= 0.6 is 35.0 Å². The van der Waals surface area contributed by atoms with Gasteiger partial charge in [-0.1, -0.05) is 35.0 Å². The van der Waals surface area contributed by atoms with Gasteiger partial charge in [0.2, 0.25) is 0 Å². The standard InChI is InChI=1S/C13H10Cl2FNOS/c1-18-12-6-13(10(16)5-11(12)17)19-7-2-3-8(14)9(15)4-7/h2-6H,17H2,1H3. The first kappa shape index (κ1) is 14.3. The van der Waals surface area contributed by atoms with E-state index in [4.69, 9.17) is 33.7 Å². The van der Waals surface area contributed by atoms with E-state index < -0.39 is 5.82 Å². The summed E-state index contributed by atoms with van der Waals surface area (Å²) in [5.74, 6) is 0.0262. The van der Waals surface area contributed by atoms with E-state index in [0.29, 0.717) is 20.7 Å². The Bertz CT molecular complexity index is 622. The van der Waals surface area contributed by atoms with Crippen molar-refractivity contribution >= 4 is 40.7 Å². The summed E-state index contributed by atoms with van der Waals surface area (Å²) in [6, 6.07) is 7.90. The molecule has 19 heavy (non-hydrogen) atoms. The van der Waals surface area contributed by atoms with E-state index in [0.717, 1.165) is 4.90 Å². The lowest BCUT2D eigenvalue weighted by Crippen LogP contribution is -1.94. The largest absolute Gasteiger partial charge is 0.495 e. The van der Waals surface area contributed by atoms with Crippen LogP contribution in [-0.4, -0.2) is 7.11 Å². The SMILES string of the molecule is COc1cc(Sc2ccc(Cl)c(Cl)c2)c(F)cc1N. The molecule has 0 saturated heterocycles. The van der Waals surface area contributed by atoms with Crippen molar-refractivity contribution in [1.29, 1.82) is 0 Å². The van der Waals surface area contributed by atoms with Crippen LogP contribution in [0.5, 0.6) is 5.75 Å². The maximum atomic E-state index is 13.8. The average molecular weight is 318 g/mol. The number of methoxy groups -OCH3 is 1. The van der Waals surface area contributed by atoms with Gasteiger partial charge in [0.25, 0.3) is 0 Å². The van der Waals surface area contributed by atoms with Gasteiger partial charge in [-0.05, 0) is 24.3 Å². The summed E-state index contributed by atoms with van der Waals surface area (Å²) in [5, 5.41) is 0.885. The number of benzene rings is 2. The van der Waals surface area contributed by atoms with Crippen molar-refractivity contribution in [2.45, 2.75) is 9.79 Å². The average Bonchev–Trinajstić information content (AvgIpc) is 2.37. The summed E-state index contributed by atoms with van der Waals surface area (Å²) >= 11 is 13.0. The highest BCUT2D eigenvalue weighted by Crippen LogP contribution is 2.37. The van der Waals surface area contributed by atoms with Crippen LogP contribution in [0, 0.1) is 5.82 Å². The van der Waals surface area contributed by atoms with Gasteiger partial charge in [0.1, 0.15) is 11.6 Å². The monoisotopic (exact) mass is 317 g/mol. The zero-order chi connectivity index (χ0) is 14.0. The van der Waals surface area contributed by atoms with Crippen LogP contribution < -0.4 is 10.5 Å². The van der Waals surface area contributed by atoms with Crippen LogP contribution in [0.4, 0.5) is 10.1 Å². The van der Waals surface area contributed by atoms with Gasteiger partial charge in [0.15, 0.2) is 0 Å². The molecule has 0 aliphatic carbocycles. The Hall–Kier alpha value is -1.10. The quantitative estimate of drug-likeness (QED) is 0.820. The second-order valence-electron chi connectivity index (χ2n) is 3.70. The Kier molecular flexibility index (Phi) is 4.45. The van der Waals surface area contributed by atoms with Gasteiger partial charge < -0.3 is 10.5 Å². The third kappa shape index (κ3) is 3.26. The summed E-state index contributed by atoms with van der Waals surface area (Å²) in [4.78, 5) is 1.18. The van der Waals surface area contributed by atoms with Gasteiger partial charge in [-0.25, -0.2) is 4.39 Å². The molecule has 2 aromatic carbocycles. The first-order valence-electron chi connectivity index (χ1n) is 5.27. The maximum Gasteiger partial charge on any atom is 0.143 e. The lowest BCUT2D eigenvalue weighted by molar-refractivity contribution is 0.414. The van der Waals surface area contributed by atoms with Gasteiger partial charge in [-0.15, -0.1) is 0 Å². The molecule has 0 radical (unpaired) electrons. The summed E-state index contributed by atoms with van der Waals surface area (Å²) in [7, 11) is 1.48. The number of ether oxygens (including phenoxy) is 1. The highest BCUT2D eigenvalue weighted by atomic mass is 35.5. The predicted molar refractivity (Wildman–Crippen MR) is 77.9 cm³/mol. The zero-order valence-electron chi connectivity index (χ0n) is 9.91. The van der Waals surface area contributed by atoms with Crippen molar-refractivity contribution in [3.8, 4) is 5.75 Å². The van der Waals surface area contributed by atoms with E-state index in [1.165, 1.54) is 24.9 Å². The molecule has 0 aromatic heterocycles. The van der Waals surface area contributed by atoms with Crippen molar-refractivity contribution in [2.24, 2.45) is 0 Å². The van der Waals surface area contributed by atoms with Crippen LogP contribution in [0.1, 0.15) is 0 Å². The molecule has 0 atom stereocenters. The molecule has 0 saturated carbocycles. The van der Waals surface area contributed by atoms with E-state index in [1.54, 1.807) is 24.3 Å². The van der Waals surface area contributed by atoms with Gasteiger partial charge >= 0.3 is 0 Å². The molecule has 2 rings (SSSR count). The van der Waals surface area contributed by atoms with Crippen molar-refractivity contribution in [3.05, 3.63) is 46.2 Å². The van der Waals surface area contributed by atoms with Gasteiger partial charge in [0.05, 0.1) is 27.7 Å². The molecular formula is C13H10Cl2FNOS. The summed E-state index contributed by atoms with van der Waals surface area (Å²) < 4.78 is 18.9. The Balaban J connectivity index is 2.34. The van der Waals surface area contributed by atoms with Gasteiger partial charge in [-0.2, -0.15) is 0 Å². The second-order valence-corrected chi connectivity index (χ2v) is 5.63. The molecule has 0 unspecified atom stereocenters. The lowest BCUT2D eigenvalue weighted by Gasteiger charge is -2.09. The summed E-state index contributed by atoms with van der Waals surface area (Å²) in [5.41, 5.74) is 5.89. The van der Waals surface area contributed by atoms with Crippen LogP contribution in [0.15, 0.2) is 40.1 Å². The number of rotatable bonds is 3. The molecule has 100 valence electrons. The predicted octanol–water partition coefficient (Wildman–Crippen LogP) is 4.87. The smallest absolute Gasteiger partial charge is 0.143 e. The topological polar surface area (TPSA) is 35.2 Å². The fraction of sp³-hybridized carbons (Fsp3) is 0.0769. The Labute approximate surface area is 124 Å². The van der Waals surface area contributed by atoms with E-state index in [-0.39, 0.29) is 5.69 Å². The Morgan fingerprint density at radius 2 is 1.89 bits per heavy atom. The normalized spacial score (nSPS) is 10.5. The van der Waals surface area contributed by atoms with E-state index in [1.807, 2.05) is 0 Å². The molecule has 0 bridgehead atoms. The third-order valence-electron chi connectivity index (χ3n) is 2.40. The first-order chi connectivity index (χ1) is 9.01. The van der Waals surface area contributed by atoms with Crippen molar-refractivity contribution in [2.75, 3.05) is 12.8 Å². The number of anilines is 1. The maximum absolute atomic E-state index is 13.8. The minimum atomic E-state index is -0.408. The minimum Gasteiger partial charge on any atom is -0.495 e. The number of halogens is 3. The van der Waals surface area contributed by atoms with Crippen LogP contribution in [0.25, 0.3) is 0 Å². The van der Waals surface area contributed by atoms with Crippen molar-refractivity contribution < 1.29 is 9.13 Å². The molecule has 0 aliphatic heterocycles. The highest BCUT2D eigenvalue weighted by molar-refractivity contribution is 7.99. The van der Waals surface area contributed by atoms with E-state index in [9.17, 15) is 4.39 Å². The zero-order valence-corrected chi connectivity index (χ0v) is 12.2. The fourth-order valence-electron chi connectivity index (χ4n) is 1.47. The molecule has 2 aromatic rings. The third-order valence-corrected chi connectivity index (χ3v) is 4.16. The number of hydrogen-bond donors (Lipinski definition) is 1. The van der Waals surface area contributed by atoms with Crippen molar-refractivity contribution in [3.63, 3.8) is 0 Å². The second kappa shape index (κ2) is 5.90. The molecule has 0 fully saturated rings. The Morgan fingerprint density at radius 1 is 1.16 bits per heavy atom. The first-order valence-corrected chi connectivity index (χ1v) is 6.84. The highest BCUT2D eigenvalue weighted by Gasteiger charge is 2.10. The molecule has 0 amide bonds. The Morgan fingerprint density at radius 3 is 2.53 bits per heavy atom. The van der Waals surface area contributed by atoms with Crippen LogP contribution in [0.3, 0.4) is 0 Å². The molecule has 2 nitrogen and oxygen atoms in total. The van der Waals surface area contributed by atoms with Gasteiger partial charge in [0, 0.05) is 11.0 Å². The number of nitrogen functional groups attached to an aromatic ring is 1. The molecule has 0 aliphatic rings. The van der Waals surface area contributed by atoms with Gasteiger partial charge in [-0.3, -0.25) is 0 Å². The molecular weight excluding hydrogens is 308 g/mol. The molecule has 2 N–H and O–H groups in total. The fourth-order valence-corrected chi connectivity index (χ4v) is 2.72. The number of nitrogens with two attached hydrogens (primary N) is 1. The summed E-state index contributed by atoms with van der Waals surface area (Å²) in [6.07, 6.45) is 0. The van der Waals surface area contributed by atoms with E-state index >= 15 is 0 Å².